The molecule has 0 aliphatic rings. The Kier molecular flexibility index (Phi) is 9.44. The molecule has 0 saturated heterocycles. The van der Waals surface area contributed by atoms with Gasteiger partial charge in [0.2, 0.25) is 0 Å². The third kappa shape index (κ3) is 6.11. The van der Waals surface area contributed by atoms with Crippen molar-refractivity contribution >= 4 is 0 Å². The largest absolute Gasteiger partial charge is 0.256 e. The smallest absolute Gasteiger partial charge is 0.235 e. The molecule has 1 aromatic heterocycles. The number of hydrogen-bond donors (Lipinski definition) is 0. The average Bonchev–Trinajstić information content (AvgIpc) is 2.85. The molecule has 0 aliphatic heterocycles. The van der Waals surface area contributed by atoms with Crippen LogP contribution in [-0.4, -0.2) is 4.57 Å². The molecule has 0 unspecified atom stereocenters. The maximum absolute atomic E-state index is 2.50. The fourth-order valence-corrected chi connectivity index (χ4v) is 2.87. The summed E-state index contributed by atoms with van der Waals surface area (Å²) in [6.45, 7) is 9.13. The summed E-state index contributed by atoms with van der Waals surface area (Å²) in [6, 6.07) is 0. The molecule has 0 saturated carbocycles. The zero-order valence-electron chi connectivity index (χ0n) is 14.0. The molecule has 0 amide bonds. The molecule has 0 spiro atoms. The number of rotatable bonds is 12. The Hall–Kier alpha value is -0.790. The number of imidazole rings is 1. The first-order valence-corrected chi connectivity index (χ1v) is 8.90. The lowest BCUT2D eigenvalue weighted by Gasteiger charge is -2.04. The number of aryl methyl sites for hydroxylation is 2. The molecule has 0 radical (unpaired) electrons. The van der Waals surface area contributed by atoms with E-state index in [1.165, 1.54) is 70.8 Å². The highest BCUT2D eigenvalue weighted by molar-refractivity contribution is 4.83. The van der Waals surface area contributed by atoms with Gasteiger partial charge in [-0.3, -0.25) is 0 Å². The molecule has 1 aromatic rings. The number of aromatic nitrogens is 2. The molecule has 0 N–H and O–H groups in total. The second-order valence-corrected chi connectivity index (χ2v) is 5.92. The van der Waals surface area contributed by atoms with E-state index in [4.69, 9.17) is 0 Å². The molecule has 0 fully saturated rings. The molecule has 0 atom stereocenters. The van der Waals surface area contributed by atoms with Gasteiger partial charge in [-0.1, -0.05) is 52.4 Å². The molecular weight excluding hydrogens is 244 g/mol. The molecular formula is C18H35N2+. The highest BCUT2D eigenvalue weighted by atomic mass is 15.1. The van der Waals surface area contributed by atoms with Crippen molar-refractivity contribution in [1.82, 2.24) is 4.57 Å². The van der Waals surface area contributed by atoms with E-state index in [9.17, 15) is 0 Å². The summed E-state index contributed by atoms with van der Waals surface area (Å²) in [4.78, 5) is 0. The maximum Gasteiger partial charge on any atom is 0.256 e. The predicted molar refractivity (Wildman–Crippen MR) is 86.9 cm³/mol. The summed E-state index contributed by atoms with van der Waals surface area (Å²) >= 11 is 0. The monoisotopic (exact) mass is 279 g/mol. The van der Waals surface area contributed by atoms with Gasteiger partial charge in [0.15, 0.2) is 0 Å². The highest BCUT2D eigenvalue weighted by Gasteiger charge is 2.14. The quantitative estimate of drug-likeness (QED) is 0.380. The lowest BCUT2D eigenvalue weighted by Crippen LogP contribution is -2.37. The Morgan fingerprint density at radius 1 is 0.850 bits per heavy atom. The van der Waals surface area contributed by atoms with Gasteiger partial charge < -0.3 is 0 Å². The maximum atomic E-state index is 2.50. The van der Waals surface area contributed by atoms with Gasteiger partial charge in [-0.25, -0.2) is 9.13 Å². The van der Waals surface area contributed by atoms with E-state index in [0.717, 1.165) is 6.54 Å². The van der Waals surface area contributed by atoms with Gasteiger partial charge in [-0.05, 0) is 26.2 Å². The van der Waals surface area contributed by atoms with Crippen LogP contribution in [0.15, 0.2) is 12.4 Å². The Bertz CT molecular complexity index is 341. The van der Waals surface area contributed by atoms with Crippen LogP contribution < -0.4 is 4.57 Å². The summed E-state index contributed by atoms with van der Waals surface area (Å²) in [5.41, 5.74) is 0. The van der Waals surface area contributed by atoms with Crippen molar-refractivity contribution in [3.05, 3.63) is 18.2 Å². The van der Waals surface area contributed by atoms with Crippen molar-refractivity contribution in [2.45, 2.75) is 98.1 Å². The summed E-state index contributed by atoms with van der Waals surface area (Å²) in [5.74, 6) is 1.54. The van der Waals surface area contributed by atoms with Gasteiger partial charge in [-0.15, -0.1) is 0 Å². The Morgan fingerprint density at radius 2 is 1.50 bits per heavy atom. The summed E-state index contributed by atoms with van der Waals surface area (Å²) < 4.78 is 4.93. The normalized spacial score (nSPS) is 11.2. The molecule has 0 aliphatic carbocycles. The molecule has 0 bridgehead atoms. The standard InChI is InChI=1S/C18H35N2/c1-4-7-9-11-13-15-20-17-16-19(6-3)18(20)14-12-10-8-5-2/h16-17H,4-15H2,1-3H3/q+1. The van der Waals surface area contributed by atoms with E-state index < -0.39 is 0 Å². The van der Waals surface area contributed by atoms with E-state index in [2.05, 4.69) is 42.3 Å². The third-order valence-corrected chi connectivity index (χ3v) is 4.19. The molecule has 20 heavy (non-hydrogen) atoms. The van der Waals surface area contributed by atoms with Crippen LogP contribution in [0.4, 0.5) is 0 Å². The highest BCUT2D eigenvalue weighted by Crippen LogP contribution is 2.07. The topological polar surface area (TPSA) is 8.81 Å². The van der Waals surface area contributed by atoms with Crippen molar-refractivity contribution in [2.75, 3.05) is 0 Å². The fraction of sp³-hybridized carbons (Fsp3) is 0.833. The van der Waals surface area contributed by atoms with E-state index in [-0.39, 0.29) is 0 Å². The first kappa shape index (κ1) is 17.3. The van der Waals surface area contributed by atoms with Crippen molar-refractivity contribution in [3.8, 4) is 0 Å². The van der Waals surface area contributed by atoms with Crippen molar-refractivity contribution in [1.29, 1.82) is 0 Å². The van der Waals surface area contributed by atoms with E-state index in [1.807, 2.05) is 0 Å². The minimum Gasteiger partial charge on any atom is -0.235 e. The zero-order valence-corrected chi connectivity index (χ0v) is 14.0. The Balaban J connectivity index is 2.41. The van der Waals surface area contributed by atoms with Gasteiger partial charge in [0, 0.05) is 6.42 Å². The zero-order chi connectivity index (χ0) is 14.6. The Labute approximate surface area is 126 Å². The van der Waals surface area contributed by atoms with Crippen molar-refractivity contribution in [3.63, 3.8) is 0 Å². The van der Waals surface area contributed by atoms with Crippen LogP contribution in [0.25, 0.3) is 0 Å². The lowest BCUT2D eigenvalue weighted by atomic mass is 10.1. The van der Waals surface area contributed by atoms with Crippen LogP contribution in [0.2, 0.25) is 0 Å². The first-order chi connectivity index (χ1) is 9.83. The number of nitrogens with zero attached hydrogens (tertiary/aromatic N) is 2. The van der Waals surface area contributed by atoms with Crippen LogP contribution >= 0.6 is 0 Å². The fourth-order valence-electron chi connectivity index (χ4n) is 2.87. The van der Waals surface area contributed by atoms with Gasteiger partial charge >= 0.3 is 0 Å². The number of unbranched alkanes of at least 4 members (excludes halogenated alkanes) is 7. The molecule has 2 nitrogen and oxygen atoms in total. The van der Waals surface area contributed by atoms with Crippen LogP contribution in [0, 0.1) is 0 Å². The number of hydrogen-bond acceptors (Lipinski definition) is 0. The predicted octanol–water partition coefficient (Wildman–Crippen LogP) is 4.89. The van der Waals surface area contributed by atoms with Crippen LogP contribution in [0.5, 0.6) is 0 Å². The van der Waals surface area contributed by atoms with Gasteiger partial charge in [0.1, 0.15) is 12.4 Å². The second kappa shape index (κ2) is 10.9. The van der Waals surface area contributed by atoms with Gasteiger partial charge in [-0.2, -0.15) is 0 Å². The van der Waals surface area contributed by atoms with Crippen molar-refractivity contribution < 1.29 is 4.57 Å². The Morgan fingerprint density at radius 3 is 2.15 bits per heavy atom. The third-order valence-electron chi connectivity index (χ3n) is 4.19. The van der Waals surface area contributed by atoms with E-state index in [0.29, 0.717) is 0 Å². The summed E-state index contributed by atoms with van der Waals surface area (Å²) in [7, 11) is 0. The van der Waals surface area contributed by atoms with Crippen LogP contribution in [-0.2, 0) is 19.5 Å². The summed E-state index contributed by atoms with van der Waals surface area (Å²) in [6.07, 6.45) is 18.1. The van der Waals surface area contributed by atoms with Gasteiger partial charge in [0.05, 0.1) is 13.1 Å². The minimum absolute atomic E-state index is 1.10. The van der Waals surface area contributed by atoms with Crippen LogP contribution in [0.3, 0.4) is 0 Å². The molecule has 1 heterocycles. The SMILES string of the molecule is CCCCCCC[n+]1ccn(CC)c1CCCCCC. The molecule has 2 heteroatoms. The van der Waals surface area contributed by atoms with Gasteiger partial charge in [0.25, 0.3) is 5.82 Å². The van der Waals surface area contributed by atoms with E-state index >= 15 is 0 Å². The first-order valence-electron chi connectivity index (χ1n) is 8.90. The van der Waals surface area contributed by atoms with Crippen molar-refractivity contribution in [2.24, 2.45) is 0 Å². The molecule has 116 valence electrons. The van der Waals surface area contributed by atoms with Crippen LogP contribution in [0.1, 0.15) is 84.4 Å². The molecule has 1 rings (SSSR count). The molecule has 0 aromatic carbocycles. The average molecular weight is 279 g/mol. The summed E-state index contributed by atoms with van der Waals surface area (Å²) in [5, 5.41) is 0. The lowest BCUT2D eigenvalue weighted by molar-refractivity contribution is -0.704. The second-order valence-electron chi connectivity index (χ2n) is 5.92. The minimum atomic E-state index is 1.10. The van der Waals surface area contributed by atoms with E-state index in [1.54, 1.807) is 5.82 Å².